The van der Waals surface area contributed by atoms with Gasteiger partial charge in [-0.3, -0.25) is 19.5 Å². The van der Waals surface area contributed by atoms with Gasteiger partial charge in [-0.05, 0) is 31.5 Å². The minimum Gasteiger partial charge on any atom is -0.397 e. The molecule has 0 fully saturated rings. The average molecular weight is 405 g/mol. The first-order valence-electron chi connectivity index (χ1n) is 9.81. The number of aromatic nitrogens is 4. The van der Waals surface area contributed by atoms with Crippen LogP contribution in [0.25, 0.3) is 11.1 Å². The molecule has 0 atom stereocenters. The summed E-state index contributed by atoms with van der Waals surface area (Å²) < 4.78 is 1.85. The monoisotopic (exact) mass is 405 g/mol. The number of amides is 2. The number of anilines is 3. The van der Waals surface area contributed by atoms with Crippen LogP contribution in [0.5, 0.6) is 0 Å². The number of fused-ring (bicyclic) bond motifs is 1. The molecule has 9 nitrogen and oxygen atoms in total. The number of nitrogens with one attached hydrogen (secondary N) is 1. The third-order valence-electron chi connectivity index (χ3n) is 4.90. The van der Waals surface area contributed by atoms with Gasteiger partial charge in [-0.25, -0.2) is 9.67 Å². The molecule has 9 heteroatoms. The molecular formula is C21H23N7O2. The molecule has 0 aromatic carbocycles. The minimum absolute atomic E-state index is 0.0801. The van der Waals surface area contributed by atoms with E-state index in [0.717, 1.165) is 35.6 Å². The van der Waals surface area contributed by atoms with Gasteiger partial charge in [-0.15, -0.1) is 0 Å². The molecule has 3 N–H and O–H groups in total. The maximum absolute atomic E-state index is 12.6. The predicted molar refractivity (Wildman–Crippen MR) is 114 cm³/mol. The molecule has 30 heavy (non-hydrogen) atoms. The van der Waals surface area contributed by atoms with E-state index in [9.17, 15) is 9.59 Å². The quantitative estimate of drug-likeness (QED) is 0.673. The van der Waals surface area contributed by atoms with E-state index in [1.807, 2.05) is 29.8 Å². The van der Waals surface area contributed by atoms with Crippen LogP contribution in [0.1, 0.15) is 25.0 Å². The largest absolute Gasteiger partial charge is 0.397 e. The minimum atomic E-state index is -0.254. The third-order valence-corrected chi connectivity index (χ3v) is 4.90. The third kappa shape index (κ3) is 4.29. The maximum atomic E-state index is 12.6. The summed E-state index contributed by atoms with van der Waals surface area (Å²) in [6, 6.07) is 7.26. The molecule has 0 saturated heterocycles. The lowest BCUT2D eigenvalue weighted by atomic mass is 10.1. The molecule has 0 spiro atoms. The lowest BCUT2D eigenvalue weighted by Crippen LogP contribution is -2.37. The Bertz CT molecular complexity index is 1080. The van der Waals surface area contributed by atoms with Crippen molar-refractivity contribution in [3.05, 3.63) is 48.5 Å². The molecule has 1 aliphatic rings. The van der Waals surface area contributed by atoms with Crippen molar-refractivity contribution in [3.63, 3.8) is 0 Å². The molecule has 0 saturated carbocycles. The molecule has 154 valence electrons. The first kappa shape index (κ1) is 19.6. The number of nitrogens with zero attached hydrogens (tertiary/aromatic N) is 5. The maximum Gasteiger partial charge on any atom is 0.228 e. The van der Waals surface area contributed by atoms with Crippen LogP contribution >= 0.6 is 0 Å². The summed E-state index contributed by atoms with van der Waals surface area (Å²) in [7, 11) is 0. The van der Waals surface area contributed by atoms with E-state index in [4.69, 9.17) is 5.73 Å². The molecule has 0 bridgehead atoms. The molecule has 1 aliphatic heterocycles. The topological polar surface area (TPSA) is 119 Å². The Hall–Kier alpha value is -3.75. The Labute approximate surface area is 173 Å². The number of carbonyl (C=O) groups excluding carboxylic acids is 2. The van der Waals surface area contributed by atoms with Gasteiger partial charge in [0.2, 0.25) is 11.8 Å². The molecule has 0 radical (unpaired) electrons. The highest BCUT2D eigenvalue weighted by molar-refractivity contribution is 5.97. The van der Waals surface area contributed by atoms with Crippen molar-refractivity contribution >= 4 is 29.1 Å². The molecule has 3 aromatic rings. The van der Waals surface area contributed by atoms with Crippen LogP contribution in [-0.2, 0) is 16.1 Å². The smallest absolute Gasteiger partial charge is 0.228 e. The first-order chi connectivity index (χ1) is 14.5. The fourth-order valence-corrected chi connectivity index (χ4v) is 3.47. The number of nitrogens with two attached hydrogens (primary N) is 1. The van der Waals surface area contributed by atoms with Gasteiger partial charge in [-0.1, -0.05) is 0 Å². The highest BCUT2D eigenvalue weighted by atomic mass is 16.2. The van der Waals surface area contributed by atoms with Gasteiger partial charge in [0, 0.05) is 61.7 Å². The average Bonchev–Trinajstić information content (AvgIpc) is 3.12. The van der Waals surface area contributed by atoms with E-state index in [-0.39, 0.29) is 24.7 Å². The summed E-state index contributed by atoms with van der Waals surface area (Å²) in [6.45, 7) is 3.36. The van der Waals surface area contributed by atoms with E-state index >= 15 is 0 Å². The van der Waals surface area contributed by atoms with Crippen molar-refractivity contribution in [2.45, 2.75) is 32.7 Å². The zero-order chi connectivity index (χ0) is 21.1. The fourth-order valence-electron chi connectivity index (χ4n) is 3.47. The van der Waals surface area contributed by atoms with Crippen molar-refractivity contribution in [3.8, 4) is 11.1 Å². The van der Waals surface area contributed by atoms with Crippen LogP contribution in [-0.4, -0.2) is 38.1 Å². The highest BCUT2D eigenvalue weighted by Gasteiger charge is 2.24. The Kier molecular flexibility index (Phi) is 5.42. The normalized spacial score (nSPS) is 13.0. The molecule has 4 heterocycles. The van der Waals surface area contributed by atoms with E-state index in [1.165, 1.54) is 0 Å². The summed E-state index contributed by atoms with van der Waals surface area (Å²) in [6.07, 6.45) is 5.99. The van der Waals surface area contributed by atoms with E-state index < -0.39 is 0 Å². The summed E-state index contributed by atoms with van der Waals surface area (Å²) >= 11 is 0. The lowest BCUT2D eigenvalue weighted by Gasteiger charge is -2.27. The Morgan fingerprint density at radius 1 is 1.10 bits per heavy atom. The standard InChI is InChI=1S/C21H23N7O2/c1-14-9-20-27(7-2-8-28(20)26-14)21(30)6-5-19(29)25-18-4-3-15(12-24-18)16-10-17(22)13-23-11-16/h3-4,9-13H,2,5-8,22H2,1H3,(H,24,25,29). The molecule has 0 aliphatic carbocycles. The molecule has 4 rings (SSSR count). The number of rotatable bonds is 5. The van der Waals surface area contributed by atoms with E-state index in [1.54, 1.807) is 29.6 Å². The first-order valence-corrected chi connectivity index (χ1v) is 9.81. The summed E-state index contributed by atoms with van der Waals surface area (Å²) in [5, 5.41) is 7.13. The van der Waals surface area contributed by atoms with Crippen molar-refractivity contribution in [2.75, 3.05) is 22.5 Å². The van der Waals surface area contributed by atoms with Gasteiger partial charge in [0.25, 0.3) is 0 Å². The second-order valence-corrected chi connectivity index (χ2v) is 7.25. The van der Waals surface area contributed by atoms with Crippen molar-refractivity contribution in [1.29, 1.82) is 0 Å². The van der Waals surface area contributed by atoms with Gasteiger partial charge in [-0.2, -0.15) is 5.10 Å². The van der Waals surface area contributed by atoms with Crippen LogP contribution in [0.15, 0.2) is 42.9 Å². The van der Waals surface area contributed by atoms with Crippen molar-refractivity contribution in [1.82, 2.24) is 19.7 Å². The number of nitrogen functional groups attached to an aromatic ring is 1. The van der Waals surface area contributed by atoms with E-state index in [2.05, 4.69) is 20.4 Å². The van der Waals surface area contributed by atoms with E-state index in [0.29, 0.717) is 18.1 Å². The molecule has 0 unspecified atom stereocenters. The van der Waals surface area contributed by atoms with Gasteiger partial charge in [0.05, 0.1) is 11.4 Å². The Morgan fingerprint density at radius 2 is 1.97 bits per heavy atom. The zero-order valence-electron chi connectivity index (χ0n) is 16.7. The second kappa shape index (κ2) is 8.32. The number of hydrogen-bond donors (Lipinski definition) is 2. The zero-order valence-corrected chi connectivity index (χ0v) is 16.7. The van der Waals surface area contributed by atoms with Gasteiger partial charge in [0.1, 0.15) is 11.6 Å². The molecule has 2 amide bonds. The second-order valence-electron chi connectivity index (χ2n) is 7.25. The SMILES string of the molecule is Cc1cc2n(n1)CCCN2C(=O)CCC(=O)Nc1ccc(-c2cncc(N)c2)cn1. The van der Waals surface area contributed by atoms with Crippen molar-refractivity contribution in [2.24, 2.45) is 0 Å². The Balaban J connectivity index is 1.32. The van der Waals surface area contributed by atoms with Crippen LogP contribution in [0.3, 0.4) is 0 Å². The fraction of sp³-hybridized carbons (Fsp3) is 0.286. The summed E-state index contributed by atoms with van der Waals surface area (Å²) in [4.78, 5) is 35.0. The van der Waals surface area contributed by atoms with Gasteiger partial charge < -0.3 is 11.1 Å². The number of hydrogen-bond acceptors (Lipinski definition) is 6. The highest BCUT2D eigenvalue weighted by Crippen LogP contribution is 2.23. The van der Waals surface area contributed by atoms with Gasteiger partial charge >= 0.3 is 0 Å². The van der Waals surface area contributed by atoms with Crippen LogP contribution < -0.4 is 16.0 Å². The lowest BCUT2D eigenvalue weighted by molar-refractivity contribution is -0.122. The van der Waals surface area contributed by atoms with Crippen LogP contribution in [0.2, 0.25) is 0 Å². The summed E-state index contributed by atoms with van der Waals surface area (Å²) in [5.41, 5.74) is 8.90. The number of carbonyl (C=O) groups is 2. The van der Waals surface area contributed by atoms with Crippen LogP contribution in [0.4, 0.5) is 17.3 Å². The molecular weight excluding hydrogens is 382 g/mol. The number of pyridine rings is 2. The predicted octanol–water partition coefficient (Wildman–Crippen LogP) is 2.39. The summed E-state index contributed by atoms with van der Waals surface area (Å²) in [5.74, 6) is 0.900. The van der Waals surface area contributed by atoms with Crippen LogP contribution in [0, 0.1) is 6.92 Å². The Morgan fingerprint density at radius 3 is 2.73 bits per heavy atom. The molecule has 3 aromatic heterocycles. The number of aryl methyl sites for hydroxylation is 2. The van der Waals surface area contributed by atoms with Gasteiger partial charge in [0.15, 0.2) is 0 Å². The van der Waals surface area contributed by atoms with Crippen molar-refractivity contribution < 1.29 is 9.59 Å².